The highest BCUT2D eigenvalue weighted by Crippen LogP contribution is 2.21. The Kier molecular flexibility index (Phi) is 5.93. The van der Waals surface area contributed by atoms with Gasteiger partial charge in [0.2, 0.25) is 5.88 Å². The number of nitrogens with zero attached hydrogens (tertiary/aromatic N) is 4. The monoisotopic (exact) mass is 402 g/mol. The fourth-order valence-corrected chi connectivity index (χ4v) is 3.92. The minimum absolute atomic E-state index is 0.0183. The van der Waals surface area contributed by atoms with Crippen molar-refractivity contribution >= 4 is 33.4 Å². The molecule has 28 heavy (non-hydrogen) atoms. The van der Waals surface area contributed by atoms with Crippen LogP contribution >= 0.6 is 11.3 Å². The second kappa shape index (κ2) is 8.39. The Bertz CT molecular complexity index is 1090. The molecule has 0 saturated carbocycles. The zero-order valence-corrected chi connectivity index (χ0v) is 17.1. The molecule has 1 aromatic carbocycles. The number of aromatic nitrogens is 3. The van der Waals surface area contributed by atoms with Crippen molar-refractivity contribution in [1.82, 2.24) is 14.3 Å². The van der Waals surface area contributed by atoms with Gasteiger partial charge in [0.15, 0.2) is 4.80 Å². The highest BCUT2D eigenvalue weighted by atomic mass is 32.1. The number of benzene rings is 1. The third-order valence-corrected chi connectivity index (χ3v) is 5.20. The average molecular weight is 402 g/mol. The Labute approximate surface area is 166 Å². The molecule has 0 bridgehead atoms. The third-order valence-electron chi connectivity index (χ3n) is 4.16. The standard InChI is InChI=1S/C19H22N4O4S/c1-5-12-7-8-14-15(9-12)28-19(23(14)11-16(24)27-6-2)20-17(25)13-10-22(3)21-18(13)26-4/h7-10H,5-6,11H2,1-4H3. The number of esters is 1. The largest absolute Gasteiger partial charge is 0.479 e. The summed E-state index contributed by atoms with van der Waals surface area (Å²) in [5, 5.41) is 4.09. The molecule has 9 heteroatoms. The SMILES string of the molecule is CCOC(=O)Cn1c(=NC(=O)c2cn(C)nc2OC)sc2cc(CC)ccc21. The first-order chi connectivity index (χ1) is 13.5. The molecule has 0 aliphatic carbocycles. The van der Waals surface area contributed by atoms with E-state index in [1.165, 1.54) is 28.7 Å². The van der Waals surface area contributed by atoms with Crippen LogP contribution in [0.15, 0.2) is 29.4 Å². The summed E-state index contributed by atoms with van der Waals surface area (Å²) in [4.78, 5) is 29.5. The minimum atomic E-state index is -0.482. The van der Waals surface area contributed by atoms with E-state index in [0.717, 1.165) is 16.6 Å². The molecule has 0 unspecified atom stereocenters. The first kappa shape index (κ1) is 19.8. The third kappa shape index (κ3) is 3.99. The van der Waals surface area contributed by atoms with Gasteiger partial charge in [-0.3, -0.25) is 14.3 Å². The van der Waals surface area contributed by atoms with Crippen molar-refractivity contribution in [3.05, 3.63) is 40.3 Å². The number of carbonyl (C=O) groups excluding carboxylic acids is 2. The normalized spacial score (nSPS) is 11.8. The van der Waals surface area contributed by atoms with Gasteiger partial charge in [0.1, 0.15) is 12.1 Å². The summed E-state index contributed by atoms with van der Waals surface area (Å²) in [6.45, 7) is 4.10. The van der Waals surface area contributed by atoms with E-state index in [1.54, 1.807) is 24.7 Å². The van der Waals surface area contributed by atoms with Crippen molar-refractivity contribution in [2.24, 2.45) is 12.0 Å². The number of hydrogen-bond donors (Lipinski definition) is 0. The summed E-state index contributed by atoms with van der Waals surface area (Å²) in [7, 11) is 3.15. The first-order valence-electron chi connectivity index (χ1n) is 8.91. The van der Waals surface area contributed by atoms with Crippen LogP contribution in [0.4, 0.5) is 0 Å². The lowest BCUT2D eigenvalue weighted by molar-refractivity contribution is -0.143. The Balaban J connectivity index is 2.13. The van der Waals surface area contributed by atoms with E-state index in [-0.39, 0.29) is 24.0 Å². The van der Waals surface area contributed by atoms with Crippen molar-refractivity contribution in [2.75, 3.05) is 13.7 Å². The van der Waals surface area contributed by atoms with Gasteiger partial charge >= 0.3 is 5.97 Å². The molecule has 8 nitrogen and oxygen atoms in total. The van der Waals surface area contributed by atoms with Gasteiger partial charge in [0.25, 0.3) is 5.91 Å². The van der Waals surface area contributed by atoms with E-state index < -0.39 is 5.91 Å². The predicted molar refractivity (Wildman–Crippen MR) is 105 cm³/mol. The number of rotatable bonds is 6. The minimum Gasteiger partial charge on any atom is -0.479 e. The summed E-state index contributed by atoms with van der Waals surface area (Å²) in [6.07, 6.45) is 2.45. The first-order valence-corrected chi connectivity index (χ1v) is 9.73. The number of ether oxygens (including phenoxy) is 2. The van der Waals surface area contributed by atoms with Crippen molar-refractivity contribution in [1.29, 1.82) is 0 Å². The maximum atomic E-state index is 12.7. The highest BCUT2D eigenvalue weighted by molar-refractivity contribution is 7.16. The number of fused-ring (bicyclic) bond motifs is 1. The molecule has 1 amide bonds. The van der Waals surface area contributed by atoms with Gasteiger partial charge in [-0.25, -0.2) is 0 Å². The number of hydrogen-bond acceptors (Lipinski definition) is 6. The van der Waals surface area contributed by atoms with Crippen LogP contribution in [-0.2, 0) is 29.5 Å². The molecule has 0 N–H and O–H groups in total. The van der Waals surface area contributed by atoms with Crippen LogP contribution in [0.25, 0.3) is 10.2 Å². The van der Waals surface area contributed by atoms with Gasteiger partial charge in [0.05, 0.1) is 23.9 Å². The van der Waals surface area contributed by atoms with E-state index in [4.69, 9.17) is 9.47 Å². The molecular formula is C19H22N4O4S. The van der Waals surface area contributed by atoms with Gasteiger partial charge in [-0.2, -0.15) is 4.99 Å². The lowest BCUT2D eigenvalue weighted by Crippen LogP contribution is -2.23. The van der Waals surface area contributed by atoms with Gasteiger partial charge < -0.3 is 14.0 Å². The van der Waals surface area contributed by atoms with Gasteiger partial charge in [-0.1, -0.05) is 24.3 Å². The Morgan fingerprint density at radius 3 is 2.75 bits per heavy atom. The van der Waals surface area contributed by atoms with E-state index in [2.05, 4.69) is 23.1 Å². The number of carbonyl (C=O) groups is 2. The molecule has 0 spiro atoms. The fraction of sp³-hybridized carbons (Fsp3) is 0.368. The van der Waals surface area contributed by atoms with Gasteiger partial charge in [-0.05, 0) is 31.0 Å². The summed E-state index contributed by atoms with van der Waals surface area (Å²) in [5.41, 5.74) is 2.27. The van der Waals surface area contributed by atoms with E-state index in [0.29, 0.717) is 11.4 Å². The molecule has 0 saturated heterocycles. The van der Waals surface area contributed by atoms with Gasteiger partial charge in [0, 0.05) is 13.2 Å². The lowest BCUT2D eigenvalue weighted by Gasteiger charge is -2.05. The highest BCUT2D eigenvalue weighted by Gasteiger charge is 2.18. The second-order valence-corrected chi connectivity index (χ2v) is 7.08. The van der Waals surface area contributed by atoms with Crippen LogP contribution in [-0.4, -0.2) is 39.9 Å². The summed E-state index contributed by atoms with van der Waals surface area (Å²) >= 11 is 1.36. The van der Waals surface area contributed by atoms with Crippen molar-refractivity contribution in [3.63, 3.8) is 0 Å². The lowest BCUT2D eigenvalue weighted by atomic mass is 10.2. The van der Waals surface area contributed by atoms with Crippen LogP contribution in [0.3, 0.4) is 0 Å². The zero-order valence-electron chi connectivity index (χ0n) is 16.3. The average Bonchev–Trinajstić information content (AvgIpc) is 3.21. The van der Waals surface area contributed by atoms with Gasteiger partial charge in [-0.15, -0.1) is 5.10 Å². The Morgan fingerprint density at radius 1 is 1.29 bits per heavy atom. The van der Waals surface area contributed by atoms with E-state index in [9.17, 15) is 9.59 Å². The molecule has 0 radical (unpaired) electrons. The van der Waals surface area contributed by atoms with Crippen molar-refractivity contribution in [2.45, 2.75) is 26.8 Å². The topological polar surface area (TPSA) is 87.7 Å². The van der Waals surface area contributed by atoms with E-state index >= 15 is 0 Å². The molecule has 3 aromatic rings. The maximum Gasteiger partial charge on any atom is 0.326 e. The molecule has 3 rings (SSSR count). The molecular weight excluding hydrogens is 380 g/mol. The summed E-state index contributed by atoms with van der Waals surface area (Å²) in [6, 6.07) is 6.00. The zero-order chi connectivity index (χ0) is 20.3. The van der Waals surface area contributed by atoms with Crippen LogP contribution in [0.5, 0.6) is 5.88 Å². The number of aryl methyl sites for hydroxylation is 2. The van der Waals surface area contributed by atoms with E-state index in [1.807, 2.05) is 12.1 Å². The maximum absolute atomic E-state index is 12.7. The quantitative estimate of drug-likeness (QED) is 0.591. The number of methoxy groups -OCH3 is 1. The molecule has 0 atom stereocenters. The Morgan fingerprint density at radius 2 is 2.07 bits per heavy atom. The smallest absolute Gasteiger partial charge is 0.326 e. The van der Waals surface area contributed by atoms with Crippen molar-refractivity contribution in [3.8, 4) is 5.88 Å². The van der Waals surface area contributed by atoms with Crippen molar-refractivity contribution < 1.29 is 19.1 Å². The fourth-order valence-electron chi connectivity index (χ4n) is 2.82. The van der Waals surface area contributed by atoms with Crippen LogP contribution in [0, 0.1) is 0 Å². The van der Waals surface area contributed by atoms with Crippen LogP contribution in [0.1, 0.15) is 29.8 Å². The molecule has 0 aliphatic heterocycles. The molecule has 148 valence electrons. The molecule has 0 fully saturated rings. The molecule has 2 aromatic heterocycles. The van der Waals surface area contributed by atoms with Crippen LogP contribution in [0.2, 0.25) is 0 Å². The van der Waals surface area contributed by atoms with Crippen LogP contribution < -0.4 is 9.54 Å². The summed E-state index contributed by atoms with van der Waals surface area (Å²) in [5.74, 6) is -0.651. The number of amides is 1. The molecule has 0 aliphatic rings. The second-order valence-electron chi connectivity index (χ2n) is 6.07. The predicted octanol–water partition coefficient (Wildman–Crippen LogP) is 2.31. The molecule has 2 heterocycles. The Hall–Kier alpha value is -2.94. The summed E-state index contributed by atoms with van der Waals surface area (Å²) < 4.78 is 14.4. The number of thiazole rings is 1.